The molecule has 2 rings (SSSR count). The van der Waals surface area contributed by atoms with E-state index in [-0.39, 0.29) is 5.57 Å². The van der Waals surface area contributed by atoms with E-state index in [4.69, 9.17) is 11.6 Å². The second kappa shape index (κ2) is 12.5. The number of carbonyl (C=O) groups is 1. The minimum Gasteiger partial charge on any atom is -0.387 e. The van der Waals surface area contributed by atoms with Crippen molar-refractivity contribution < 1.29 is 4.79 Å². The van der Waals surface area contributed by atoms with Gasteiger partial charge in [0.15, 0.2) is 0 Å². The molecule has 0 aliphatic heterocycles. The third kappa shape index (κ3) is 7.94. The highest BCUT2D eigenvalue weighted by molar-refractivity contribution is 6.31. The monoisotopic (exact) mass is 401 g/mol. The van der Waals surface area contributed by atoms with Gasteiger partial charge in [-0.05, 0) is 37.5 Å². The molecule has 0 bridgehead atoms. The molecule has 0 aromatic heterocycles. The number of aryl methyl sites for hydroxylation is 1. The second-order valence-electron chi connectivity index (χ2n) is 7.71. The van der Waals surface area contributed by atoms with Crippen molar-refractivity contribution in [3.8, 4) is 6.07 Å². The molecule has 1 fully saturated rings. The van der Waals surface area contributed by atoms with E-state index in [1.165, 1.54) is 57.8 Å². The predicted molar refractivity (Wildman–Crippen MR) is 116 cm³/mol. The topological polar surface area (TPSA) is 64.9 Å². The molecular formula is C23H32ClN3O. The first-order valence-corrected chi connectivity index (χ1v) is 10.9. The van der Waals surface area contributed by atoms with Gasteiger partial charge in [0.25, 0.3) is 5.91 Å². The fraction of sp³-hybridized carbons (Fsp3) is 0.565. The fourth-order valence-corrected chi connectivity index (χ4v) is 3.73. The van der Waals surface area contributed by atoms with Crippen LogP contribution in [-0.2, 0) is 4.79 Å². The molecule has 1 aromatic rings. The van der Waals surface area contributed by atoms with E-state index in [0.29, 0.717) is 16.8 Å². The summed E-state index contributed by atoms with van der Waals surface area (Å²) in [6, 6.07) is 7.66. The molecule has 0 radical (unpaired) electrons. The molecule has 0 unspecified atom stereocenters. The number of halogens is 1. The van der Waals surface area contributed by atoms with Crippen LogP contribution < -0.4 is 10.6 Å². The predicted octanol–water partition coefficient (Wildman–Crippen LogP) is 6.26. The maximum absolute atomic E-state index is 12.4. The Morgan fingerprint density at radius 3 is 2.18 bits per heavy atom. The summed E-state index contributed by atoms with van der Waals surface area (Å²) in [5.74, 6) is -0.414. The van der Waals surface area contributed by atoms with Crippen LogP contribution in [0.1, 0.15) is 76.2 Å². The van der Waals surface area contributed by atoms with Gasteiger partial charge in [-0.25, -0.2) is 0 Å². The molecule has 1 aromatic carbocycles. The first-order valence-electron chi connectivity index (χ1n) is 10.5. The molecular weight excluding hydrogens is 370 g/mol. The van der Waals surface area contributed by atoms with E-state index in [0.717, 1.165) is 18.4 Å². The maximum atomic E-state index is 12.4. The summed E-state index contributed by atoms with van der Waals surface area (Å²) in [4.78, 5) is 12.4. The molecule has 1 saturated carbocycles. The number of amides is 1. The van der Waals surface area contributed by atoms with Gasteiger partial charge in [-0.1, -0.05) is 75.5 Å². The van der Waals surface area contributed by atoms with Gasteiger partial charge >= 0.3 is 0 Å². The summed E-state index contributed by atoms with van der Waals surface area (Å²) in [5.41, 5.74) is 1.62. The Labute approximate surface area is 174 Å². The standard InChI is InChI=1S/C23H32ClN3O/c1-18-13-14-21(15-22(18)24)27-23(28)19(16-25)17-26-20-11-9-7-5-3-2-4-6-8-10-12-20/h13-15,17,20,26H,2-12H2,1H3,(H,27,28)/b19-17-. The number of nitrogens with one attached hydrogen (secondary N) is 2. The number of benzene rings is 1. The van der Waals surface area contributed by atoms with Crippen molar-refractivity contribution >= 4 is 23.2 Å². The highest BCUT2D eigenvalue weighted by atomic mass is 35.5. The van der Waals surface area contributed by atoms with Crippen LogP contribution >= 0.6 is 11.6 Å². The lowest BCUT2D eigenvalue weighted by molar-refractivity contribution is -0.112. The lowest BCUT2D eigenvalue weighted by Gasteiger charge is -2.18. The molecule has 0 heterocycles. The van der Waals surface area contributed by atoms with Crippen molar-refractivity contribution in [3.63, 3.8) is 0 Å². The normalized spacial score (nSPS) is 17.7. The summed E-state index contributed by atoms with van der Waals surface area (Å²) in [6.07, 6.45) is 15.4. The Bertz CT molecular complexity index is 696. The van der Waals surface area contributed by atoms with Crippen molar-refractivity contribution in [2.45, 2.75) is 83.6 Å². The molecule has 2 N–H and O–H groups in total. The minimum atomic E-state index is -0.414. The zero-order valence-corrected chi connectivity index (χ0v) is 17.7. The number of anilines is 1. The van der Waals surface area contributed by atoms with Gasteiger partial charge in [0.1, 0.15) is 11.6 Å². The van der Waals surface area contributed by atoms with E-state index < -0.39 is 5.91 Å². The summed E-state index contributed by atoms with van der Waals surface area (Å²) in [7, 11) is 0. The summed E-state index contributed by atoms with van der Waals surface area (Å²) >= 11 is 6.11. The minimum absolute atomic E-state index is 0.0859. The van der Waals surface area contributed by atoms with Crippen molar-refractivity contribution in [1.82, 2.24) is 5.32 Å². The van der Waals surface area contributed by atoms with Crippen LogP contribution in [0, 0.1) is 18.3 Å². The third-order valence-corrected chi connectivity index (χ3v) is 5.77. The van der Waals surface area contributed by atoms with Gasteiger partial charge in [-0.15, -0.1) is 0 Å². The molecule has 1 aliphatic carbocycles. The second-order valence-corrected chi connectivity index (χ2v) is 8.12. The third-order valence-electron chi connectivity index (χ3n) is 5.36. The molecule has 152 valence electrons. The van der Waals surface area contributed by atoms with Crippen LogP contribution in [0.15, 0.2) is 30.0 Å². The average molecular weight is 402 g/mol. The van der Waals surface area contributed by atoms with Gasteiger partial charge in [0.2, 0.25) is 0 Å². The van der Waals surface area contributed by atoms with Gasteiger partial charge < -0.3 is 10.6 Å². The molecule has 1 aliphatic rings. The van der Waals surface area contributed by atoms with Crippen LogP contribution in [-0.4, -0.2) is 11.9 Å². The lowest BCUT2D eigenvalue weighted by Crippen LogP contribution is -2.26. The van der Waals surface area contributed by atoms with Crippen LogP contribution in [0.25, 0.3) is 0 Å². The van der Waals surface area contributed by atoms with E-state index in [1.807, 2.05) is 19.1 Å². The number of hydrogen-bond donors (Lipinski definition) is 2. The maximum Gasteiger partial charge on any atom is 0.267 e. The van der Waals surface area contributed by atoms with Gasteiger partial charge in [-0.2, -0.15) is 5.26 Å². The number of carbonyl (C=O) groups excluding carboxylic acids is 1. The van der Waals surface area contributed by atoms with Crippen molar-refractivity contribution in [1.29, 1.82) is 5.26 Å². The molecule has 0 spiro atoms. The number of hydrogen-bond acceptors (Lipinski definition) is 3. The lowest BCUT2D eigenvalue weighted by atomic mass is 9.98. The van der Waals surface area contributed by atoms with E-state index in [9.17, 15) is 10.1 Å². The quantitative estimate of drug-likeness (QED) is 0.462. The van der Waals surface area contributed by atoms with Crippen molar-refractivity contribution in [2.24, 2.45) is 0 Å². The van der Waals surface area contributed by atoms with Crippen LogP contribution in [0.4, 0.5) is 5.69 Å². The summed E-state index contributed by atoms with van der Waals surface area (Å²) in [6.45, 7) is 1.90. The van der Waals surface area contributed by atoms with E-state index >= 15 is 0 Å². The summed E-state index contributed by atoms with van der Waals surface area (Å²) in [5, 5.41) is 16.1. The number of nitriles is 1. The summed E-state index contributed by atoms with van der Waals surface area (Å²) < 4.78 is 0. The van der Waals surface area contributed by atoms with Crippen molar-refractivity contribution in [2.75, 3.05) is 5.32 Å². The number of nitrogens with zero attached hydrogens (tertiary/aromatic N) is 1. The molecule has 0 atom stereocenters. The Morgan fingerprint density at radius 1 is 1.07 bits per heavy atom. The van der Waals surface area contributed by atoms with Crippen LogP contribution in [0.2, 0.25) is 5.02 Å². The zero-order valence-electron chi connectivity index (χ0n) is 16.9. The van der Waals surface area contributed by atoms with E-state index in [1.54, 1.807) is 18.3 Å². The smallest absolute Gasteiger partial charge is 0.267 e. The highest BCUT2D eigenvalue weighted by Crippen LogP contribution is 2.20. The SMILES string of the molecule is Cc1ccc(NC(=O)/C(C#N)=C\NC2CCCCCCCCCCC2)cc1Cl. The van der Waals surface area contributed by atoms with Gasteiger partial charge in [0, 0.05) is 23.0 Å². The van der Waals surface area contributed by atoms with E-state index in [2.05, 4.69) is 10.6 Å². The Morgan fingerprint density at radius 2 is 1.64 bits per heavy atom. The molecule has 28 heavy (non-hydrogen) atoms. The highest BCUT2D eigenvalue weighted by Gasteiger charge is 2.12. The molecule has 1 amide bonds. The van der Waals surface area contributed by atoms with Crippen LogP contribution in [0.3, 0.4) is 0 Å². The molecule has 4 nitrogen and oxygen atoms in total. The van der Waals surface area contributed by atoms with Crippen LogP contribution in [0.5, 0.6) is 0 Å². The first kappa shape index (κ1) is 22.3. The van der Waals surface area contributed by atoms with Crippen molar-refractivity contribution in [3.05, 3.63) is 40.6 Å². The zero-order chi connectivity index (χ0) is 20.2. The number of rotatable bonds is 4. The van der Waals surface area contributed by atoms with Gasteiger partial charge in [0.05, 0.1) is 0 Å². The molecule has 5 heteroatoms. The first-order chi connectivity index (χ1) is 13.6. The fourth-order valence-electron chi connectivity index (χ4n) is 3.55. The Kier molecular flexibility index (Phi) is 9.93. The van der Waals surface area contributed by atoms with Gasteiger partial charge in [-0.3, -0.25) is 4.79 Å². The molecule has 0 saturated heterocycles. The largest absolute Gasteiger partial charge is 0.387 e. The Balaban J connectivity index is 1.93. The Hall–Kier alpha value is -1.99. The average Bonchev–Trinajstić information content (AvgIpc) is 2.67.